The second-order valence-corrected chi connectivity index (χ2v) is 4.47. The first-order chi connectivity index (χ1) is 9.22. The van der Waals surface area contributed by atoms with Crippen LogP contribution >= 0.6 is 0 Å². The van der Waals surface area contributed by atoms with E-state index in [1.807, 2.05) is 0 Å². The van der Waals surface area contributed by atoms with Crippen molar-refractivity contribution in [2.75, 3.05) is 19.7 Å². The first-order valence-electron chi connectivity index (χ1n) is 6.46. The number of hydrogen-bond donors (Lipinski definition) is 1. The maximum absolute atomic E-state index is 12.1. The van der Waals surface area contributed by atoms with Crippen LogP contribution in [0.15, 0.2) is 22.8 Å². The first kappa shape index (κ1) is 13.6. The molecule has 0 bridgehead atoms. The Balaban J connectivity index is 1.93. The van der Waals surface area contributed by atoms with Crippen LogP contribution in [0, 0.1) is 5.92 Å². The van der Waals surface area contributed by atoms with Gasteiger partial charge in [-0.05, 0) is 31.9 Å². The lowest BCUT2D eigenvalue weighted by Crippen LogP contribution is -2.45. The molecule has 1 unspecified atom stereocenters. The predicted octanol–water partition coefficient (Wildman–Crippen LogP) is 1.20. The van der Waals surface area contributed by atoms with E-state index in [0.29, 0.717) is 25.5 Å². The van der Waals surface area contributed by atoms with Crippen LogP contribution in [-0.4, -0.2) is 36.4 Å². The summed E-state index contributed by atoms with van der Waals surface area (Å²) < 4.78 is 5.09. The van der Waals surface area contributed by atoms with Gasteiger partial charge in [0.1, 0.15) is 0 Å². The zero-order valence-electron chi connectivity index (χ0n) is 10.9. The van der Waals surface area contributed by atoms with Gasteiger partial charge in [0.15, 0.2) is 5.76 Å². The normalized spacial score (nSPS) is 19.2. The highest BCUT2D eigenvalue weighted by atomic mass is 16.6. The summed E-state index contributed by atoms with van der Waals surface area (Å²) in [6.45, 7) is 3.28. The highest BCUT2D eigenvalue weighted by molar-refractivity contribution is 5.92. The quantitative estimate of drug-likeness (QED) is 0.831. The number of hydrogen-bond acceptors (Lipinski definition) is 4. The summed E-state index contributed by atoms with van der Waals surface area (Å²) in [6.07, 6.45) is 3.04. The summed E-state index contributed by atoms with van der Waals surface area (Å²) in [6, 6.07) is 3.31. The van der Waals surface area contributed by atoms with Gasteiger partial charge in [-0.25, -0.2) is 5.48 Å². The van der Waals surface area contributed by atoms with Crippen LogP contribution in [-0.2, 0) is 9.63 Å². The first-order valence-corrected chi connectivity index (χ1v) is 6.46. The fourth-order valence-electron chi connectivity index (χ4n) is 2.16. The van der Waals surface area contributed by atoms with Crippen LogP contribution in [0.5, 0.6) is 0 Å². The van der Waals surface area contributed by atoms with Crippen molar-refractivity contribution in [1.82, 2.24) is 10.4 Å². The number of likely N-dealkylation sites (tertiary alicyclic amines) is 1. The zero-order chi connectivity index (χ0) is 13.7. The molecular formula is C13H18N2O4. The topological polar surface area (TPSA) is 71.8 Å². The van der Waals surface area contributed by atoms with Crippen LogP contribution < -0.4 is 5.48 Å². The van der Waals surface area contributed by atoms with Gasteiger partial charge in [0.25, 0.3) is 5.91 Å². The lowest BCUT2D eigenvalue weighted by molar-refractivity contribution is -0.138. The van der Waals surface area contributed by atoms with Gasteiger partial charge in [0, 0.05) is 13.1 Å². The molecule has 0 aromatic carbocycles. The van der Waals surface area contributed by atoms with Gasteiger partial charge in [-0.15, -0.1) is 0 Å². The van der Waals surface area contributed by atoms with E-state index in [1.165, 1.54) is 6.26 Å². The second kappa shape index (κ2) is 6.38. The lowest BCUT2D eigenvalue weighted by atomic mass is 9.97. The van der Waals surface area contributed by atoms with E-state index in [0.717, 1.165) is 12.8 Å². The largest absolute Gasteiger partial charge is 0.459 e. The molecule has 0 radical (unpaired) electrons. The summed E-state index contributed by atoms with van der Waals surface area (Å²) in [5.74, 6) is -0.247. The average molecular weight is 266 g/mol. The molecule has 1 aliphatic heterocycles. The number of amides is 2. The number of hydroxylamine groups is 1. The molecule has 6 nitrogen and oxygen atoms in total. The minimum atomic E-state index is -0.223. The third-order valence-electron chi connectivity index (χ3n) is 3.13. The molecule has 1 aromatic heterocycles. The van der Waals surface area contributed by atoms with Crippen molar-refractivity contribution in [3.8, 4) is 0 Å². The third kappa shape index (κ3) is 3.35. The molecule has 19 heavy (non-hydrogen) atoms. The fraction of sp³-hybridized carbons (Fsp3) is 0.538. The van der Waals surface area contributed by atoms with Crippen molar-refractivity contribution < 1.29 is 18.8 Å². The molecular weight excluding hydrogens is 248 g/mol. The molecule has 1 aromatic rings. The number of piperidine rings is 1. The van der Waals surface area contributed by atoms with E-state index >= 15 is 0 Å². The van der Waals surface area contributed by atoms with Crippen LogP contribution in [0.1, 0.15) is 30.3 Å². The van der Waals surface area contributed by atoms with Crippen LogP contribution in [0.25, 0.3) is 0 Å². The smallest absolute Gasteiger partial charge is 0.289 e. The Labute approximate surface area is 111 Å². The number of rotatable bonds is 4. The van der Waals surface area contributed by atoms with Crippen molar-refractivity contribution in [3.63, 3.8) is 0 Å². The Kier molecular flexibility index (Phi) is 4.57. The van der Waals surface area contributed by atoms with Crippen molar-refractivity contribution >= 4 is 11.8 Å². The molecule has 0 saturated carbocycles. The van der Waals surface area contributed by atoms with Gasteiger partial charge in [0.05, 0.1) is 18.8 Å². The van der Waals surface area contributed by atoms with E-state index < -0.39 is 0 Å². The van der Waals surface area contributed by atoms with Crippen molar-refractivity contribution in [2.45, 2.75) is 19.8 Å². The van der Waals surface area contributed by atoms with E-state index in [1.54, 1.807) is 24.0 Å². The van der Waals surface area contributed by atoms with Crippen LogP contribution in [0.4, 0.5) is 0 Å². The number of nitrogens with one attached hydrogen (secondary N) is 1. The van der Waals surface area contributed by atoms with Crippen molar-refractivity contribution in [1.29, 1.82) is 0 Å². The molecule has 1 N–H and O–H groups in total. The van der Waals surface area contributed by atoms with Gasteiger partial charge in [-0.3, -0.25) is 14.4 Å². The summed E-state index contributed by atoms with van der Waals surface area (Å²) in [4.78, 5) is 30.5. The second-order valence-electron chi connectivity index (χ2n) is 4.47. The third-order valence-corrected chi connectivity index (χ3v) is 3.13. The van der Waals surface area contributed by atoms with Gasteiger partial charge in [0.2, 0.25) is 5.91 Å². The summed E-state index contributed by atoms with van der Waals surface area (Å²) in [5.41, 5.74) is 2.40. The fourth-order valence-corrected chi connectivity index (χ4v) is 2.16. The zero-order valence-corrected chi connectivity index (χ0v) is 10.9. The maximum atomic E-state index is 12.1. The molecule has 1 atom stereocenters. The maximum Gasteiger partial charge on any atom is 0.289 e. The lowest BCUT2D eigenvalue weighted by Gasteiger charge is -2.31. The van der Waals surface area contributed by atoms with Gasteiger partial charge in [-0.2, -0.15) is 0 Å². The molecule has 104 valence electrons. The molecule has 1 fully saturated rings. The Morgan fingerprint density at radius 2 is 2.42 bits per heavy atom. The molecule has 2 rings (SSSR count). The van der Waals surface area contributed by atoms with E-state index in [4.69, 9.17) is 9.25 Å². The highest BCUT2D eigenvalue weighted by Gasteiger charge is 2.29. The van der Waals surface area contributed by atoms with Gasteiger partial charge in [-0.1, -0.05) is 0 Å². The summed E-state index contributed by atoms with van der Waals surface area (Å²) in [5, 5.41) is 0. The molecule has 1 aliphatic rings. The van der Waals surface area contributed by atoms with Crippen molar-refractivity contribution in [2.24, 2.45) is 5.92 Å². The minimum absolute atomic E-state index is 0.168. The molecule has 0 spiro atoms. The Bertz CT molecular complexity index is 430. The summed E-state index contributed by atoms with van der Waals surface area (Å²) in [7, 11) is 0. The van der Waals surface area contributed by atoms with E-state index in [2.05, 4.69) is 5.48 Å². The van der Waals surface area contributed by atoms with Crippen molar-refractivity contribution in [3.05, 3.63) is 24.2 Å². The van der Waals surface area contributed by atoms with Gasteiger partial charge < -0.3 is 9.32 Å². The standard InChI is InChI=1S/C13H18N2O4/c1-2-19-14-12(16)10-5-3-7-15(9-10)13(17)11-6-4-8-18-11/h4,6,8,10H,2-3,5,7,9H2,1H3,(H,14,16). The minimum Gasteiger partial charge on any atom is -0.459 e. The van der Waals surface area contributed by atoms with Gasteiger partial charge >= 0.3 is 0 Å². The van der Waals surface area contributed by atoms with Crippen LogP contribution in [0.2, 0.25) is 0 Å². The predicted molar refractivity (Wildman–Crippen MR) is 67.1 cm³/mol. The average Bonchev–Trinajstić information content (AvgIpc) is 2.98. The SMILES string of the molecule is CCONC(=O)C1CCCN(C(=O)c2ccco2)C1. The Morgan fingerprint density at radius 1 is 1.58 bits per heavy atom. The molecule has 6 heteroatoms. The highest BCUT2D eigenvalue weighted by Crippen LogP contribution is 2.19. The molecule has 2 heterocycles. The molecule has 2 amide bonds. The summed E-state index contributed by atoms with van der Waals surface area (Å²) >= 11 is 0. The number of carbonyl (C=O) groups is 2. The Hall–Kier alpha value is -1.82. The van der Waals surface area contributed by atoms with E-state index in [9.17, 15) is 9.59 Å². The number of nitrogens with zero attached hydrogens (tertiary/aromatic N) is 1. The molecule has 1 saturated heterocycles. The number of carbonyl (C=O) groups excluding carboxylic acids is 2. The number of furan rings is 1. The monoisotopic (exact) mass is 266 g/mol. The van der Waals surface area contributed by atoms with Crippen LogP contribution in [0.3, 0.4) is 0 Å². The molecule has 0 aliphatic carbocycles. The van der Waals surface area contributed by atoms with E-state index in [-0.39, 0.29) is 17.7 Å². The Morgan fingerprint density at radius 3 is 3.11 bits per heavy atom.